The van der Waals surface area contributed by atoms with Crippen molar-refractivity contribution >= 4 is 5.91 Å². The molecule has 132 valence electrons. The van der Waals surface area contributed by atoms with Crippen molar-refractivity contribution in [1.29, 1.82) is 0 Å². The fraction of sp³-hybridized carbons (Fsp3) is 0.632. The lowest BCUT2D eigenvalue weighted by Gasteiger charge is -2.22. The highest BCUT2D eigenvalue weighted by Gasteiger charge is 2.21. The van der Waals surface area contributed by atoms with E-state index in [0.29, 0.717) is 19.7 Å². The van der Waals surface area contributed by atoms with E-state index in [-0.39, 0.29) is 12.0 Å². The summed E-state index contributed by atoms with van der Waals surface area (Å²) in [6, 6.07) is 8.61. The first-order chi connectivity index (χ1) is 11.8. The van der Waals surface area contributed by atoms with Crippen LogP contribution in [0.1, 0.15) is 36.8 Å². The van der Waals surface area contributed by atoms with Gasteiger partial charge >= 0.3 is 0 Å². The SMILES string of the molecule is O=C(NCc1ccc(CN2CCCCCC2)cc1)C1CNCCO1. The molecule has 0 radical (unpaired) electrons. The molecule has 1 aromatic rings. The first kappa shape index (κ1) is 17.4. The Bertz CT molecular complexity index is 504. The first-order valence-corrected chi connectivity index (χ1v) is 9.21. The lowest BCUT2D eigenvalue weighted by atomic mass is 10.1. The average molecular weight is 331 g/mol. The van der Waals surface area contributed by atoms with Gasteiger partial charge in [0.1, 0.15) is 6.10 Å². The number of ether oxygens (including phenoxy) is 1. The van der Waals surface area contributed by atoms with Gasteiger partial charge in [0.15, 0.2) is 0 Å². The van der Waals surface area contributed by atoms with Gasteiger partial charge in [0.2, 0.25) is 0 Å². The molecule has 5 nitrogen and oxygen atoms in total. The Morgan fingerprint density at radius 2 is 1.83 bits per heavy atom. The molecule has 2 aliphatic heterocycles. The van der Waals surface area contributed by atoms with Crippen molar-refractivity contribution in [3.05, 3.63) is 35.4 Å². The quantitative estimate of drug-likeness (QED) is 0.862. The molecule has 2 saturated heterocycles. The number of hydrogen-bond acceptors (Lipinski definition) is 4. The summed E-state index contributed by atoms with van der Waals surface area (Å²) in [6.45, 7) is 6.05. The molecule has 2 fully saturated rings. The van der Waals surface area contributed by atoms with Crippen LogP contribution >= 0.6 is 0 Å². The maximum Gasteiger partial charge on any atom is 0.250 e. The van der Waals surface area contributed by atoms with Crippen molar-refractivity contribution in [1.82, 2.24) is 15.5 Å². The van der Waals surface area contributed by atoms with Crippen LogP contribution in [-0.4, -0.2) is 49.7 Å². The summed E-state index contributed by atoms with van der Waals surface area (Å²) in [7, 11) is 0. The summed E-state index contributed by atoms with van der Waals surface area (Å²) < 4.78 is 5.46. The maximum absolute atomic E-state index is 12.1. The van der Waals surface area contributed by atoms with Gasteiger partial charge < -0.3 is 15.4 Å². The lowest BCUT2D eigenvalue weighted by molar-refractivity contribution is -0.134. The van der Waals surface area contributed by atoms with E-state index in [9.17, 15) is 4.79 Å². The minimum absolute atomic E-state index is 0.0316. The van der Waals surface area contributed by atoms with Crippen LogP contribution in [0.25, 0.3) is 0 Å². The number of amides is 1. The molecular weight excluding hydrogens is 302 g/mol. The molecule has 5 heteroatoms. The zero-order chi connectivity index (χ0) is 16.6. The van der Waals surface area contributed by atoms with Crippen LogP contribution < -0.4 is 10.6 Å². The third-order valence-electron chi connectivity index (χ3n) is 4.81. The number of benzene rings is 1. The third-order valence-corrected chi connectivity index (χ3v) is 4.81. The van der Waals surface area contributed by atoms with Crippen LogP contribution in [0, 0.1) is 0 Å². The summed E-state index contributed by atoms with van der Waals surface area (Å²) in [5.41, 5.74) is 2.48. The number of hydrogen-bond donors (Lipinski definition) is 2. The Morgan fingerprint density at radius 3 is 2.50 bits per heavy atom. The predicted molar refractivity (Wildman–Crippen MR) is 94.6 cm³/mol. The zero-order valence-corrected chi connectivity index (χ0v) is 14.4. The summed E-state index contributed by atoms with van der Waals surface area (Å²) in [4.78, 5) is 14.6. The van der Waals surface area contributed by atoms with Gasteiger partial charge in [-0.15, -0.1) is 0 Å². The lowest BCUT2D eigenvalue weighted by Crippen LogP contribution is -2.47. The number of nitrogens with zero attached hydrogens (tertiary/aromatic N) is 1. The Balaban J connectivity index is 1.44. The minimum Gasteiger partial charge on any atom is -0.366 e. The second kappa shape index (κ2) is 9.16. The topological polar surface area (TPSA) is 53.6 Å². The van der Waals surface area contributed by atoms with Crippen LogP contribution in [0.5, 0.6) is 0 Å². The number of likely N-dealkylation sites (tertiary alicyclic amines) is 1. The molecule has 2 N–H and O–H groups in total. The highest BCUT2D eigenvalue weighted by Crippen LogP contribution is 2.14. The van der Waals surface area contributed by atoms with Gasteiger partial charge in [0.25, 0.3) is 5.91 Å². The van der Waals surface area contributed by atoms with Crippen molar-refractivity contribution in [2.24, 2.45) is 0 Å². The zero-order valence-electron chi connectivity index (χ0n) is 14.4. The maximum atomic E-state index is 12.1. The molecule has 2 heterocycles. The number of morpholine rings is 1. The van der Waals surface area contributed by atoms with Crippen molar-refractivity contribution in [3.8, 4) is 0 Å². The number of carbonyl (C=O) groups excluding carboxylic acids is 1. The van der Waals surface area contributed by atoms with Gasteiger partial charge in [-0.1, -0.05) is 37.1 Å². The van der Waals surface area contributed by atoms with E-state index in [2.05, 4.69) is 39.8 Å². The fourth-order valence-electron chi connectivity index (χ4n) is 3.35. The van der Waals surface area contributed by atoms with E-state index in [4.69, 9.17) is 4.74 Å². The van der Waals surface area contributed by atoms with Gasteiger partial charge in [-0.25, -0.2) is 0 Å². The van der Waals surface area contributed by atoms with E-state index in [1.165, 1.54) is 44.3 Å². The molecular formula is C19H29N3O2. The van der Waals surface area contributed by atoms with Crippen molar-refractivity contribution in [3.63, 3.8) is 0 Å². The van der Waals surface area contributed by atoms with Crippen LogP contribution in [-0.2, 0) is 22.6 Å². The van der Waals surface area contributed by atoms with Crippen LogP contribution in [0.4, 0.5) is 0 Å². The van der Waals surface area contributed by atoms with Crippen LogP contribution in [0.2, 0.25) is 0 Å². The van der Waals surface area contributed by atoms with Gasteiger partial charge in [-0.2, -0.15) is 0 Å². The molecule has 0 spiro atoms. The molecule has 1 unspecified atom stereocenters. The second-order valence-electron chi connectivity index (χ2n) is 6.79. The van der Waals surface area contributed by atoms with Gasteiger partial charge in [0.05, 0.1) is 6.61 Å². The normalized spacial score (nSPS) is 22.8. The summed E-state index contributed by atoms with van der Waals surface area (Å²) in [6.07, 6.45) is 5.02. The Morgan fingerprint density at radius 1 is 1.12 bits per heavy atom. The monoisotopic (exact) mass is 331 g/mol. The van der Waals surface area contributed by atoms with Crippen LogP contribution in [0.15, 0.2) is 24.3 Å². The largest absolute Gasteiger partial charge is 0.366 e. The molecule has 2 aliphatic rings. The third kappa shape index (κ3) is 5.30. The number of rotatable bonds is 5. The minimum atomic E-state index is -0.360. The van der Waals surface area contributed by atoms with E-state index in [1.807, 2.05) is 0 Å². The van der Waals surface area contributed by atoms with E-state index < -0.39 is 0 Å². The highest BCUT2D eigenvalue weighted by molar-refractivity contribution is 5.81. The smallest absolute Gasteiger partial charge is 0.250 e. The molecule has 1 aromatic carbocycles. The first-order valence-electron chi connectivity index (χ1n) is 9.21. The molecule has 0 aromatic heterocycles. The van der Waals surface area contributed by atoms with E-state index >= 15 is 0 Å². The Hall–Kier alpha value is -1.43. The predicted octanol–water partition coefficient (Wildman–Crippen LogP) is 1.67. The number of nitrogens with one attached hydrogen (secondary N) is 2. The molecule has 0 saturated carbocycles. The van der Waals surface area contributed by atoms with Crippen molar-refractivity contribution < 1.29 is 9.53 Å². The molecule has 0 aliphatic carbocycles. The summed E-state index contributed by atoms with van der Waals surface area (Å²) in [5, 5.41) is 6.14. The second-order valence-corrected chi connectivity index (χ2v) is 6.79. The van der Waals surface area contributed by atoms with Crippen molar-refractivity contribution in [2.75, 3.05) is 32.8 Å². The highest BCUT2D eigenvalue weighted by atomic mass is 16.5. The summed E-state index contributed by atoms with van der Waals surface area (Å²) >= 11 is 0. The van der Waals surface area contributed by atoms with E-state index in [1.54, 1.807) is 0 Å². The Kier molecular flexibility index (Phi) is 6.64. The molecule has 24 heavy (non-hydrogen) atoms. The summed E-state index contributed by atoms with van der Waals surface area (Å²) in [5.74, 6) is -0.0316. The molecule has 1 atom stereocenters. The molecule has 3 rings (SSSR count). The fourth-order valence-corrected chi connectivity index (χ4v) is 3.35. The molecule has 1 amide bonds. The number of carbonyl (C=O) groups is 1. The standard InChI is InChI=1S/C19H29N3O2/c23-19(18-14-20-9-12-24-18)21-13-16-5-7-17(8-6-16)15-22-10-3-1-2-4-11-22/h5-8,18,20H,1-4,9-15H2,(H,21,23). The molecule has 0 bridgehead atoms. The van der Waals surface area contributed by atoms with Crippen LogP contribution in [0.3, 0.4) is 0 Å². The van der Waals surface area contributed by atoms with Gasteiger partial charge in [-0.3, -0.25) is 9.69 Å². The van der Waals surface area contributed by atoms with Gasteiger partial charge in [0, 0.05) is 26.2 Å². The van der Waals surface area contributed by atoms with Gasteiger partial charge in [-0.05, 0) is 37.1 Å². The van der Waals surface area contributed by atoms with E-state index in [0.717, 1.165) is 18.7 Å². The van der Waals surface area contributed by atoms with Crippen molar-refractivity contribution in [2.45, 2.75) is 44.9 Å². The Labute approximate surface area is 144 Å². The average Bonchev–Trinajstić information content (AvgIpc) is 2.90.